The summed E-state index contributed by atoms with van der Waals surface area (Å²) in [6.45, 7) is 2.09. The van der Waals surface area contributed by atoms with Crippen LogP contribution in [0.15, 0.2) is 48.5 Å². The third kappa shape index (κ3) is 3.07. The monoisotopic (exact) mass is 328 g/mol. The fourth-order valence-electron chi connectivity index (χ4n) is 2.60. The molecule has 1 aliphatic heterocycles. The second-order valence-electron chi connectivity index (χ2n) is 5.30. The van der Waals surface area contributed by atoms with Crippen molar-refractivity contribution in [2.45, 2.75) is 18.7 Å². The van der Waals surface area contributed by atoms with Gasteiger partial charge in [0.05, 0.1) is 10.7 Å². The topological polar surface area (TPSA) is 63.5 Å². The molecule has 0 aromatic heterocycles. The van der Waals surface area contributed by atoms with E-state index in [1.165, 1.54) is 29.5 Å². The molecule has 0 radical (unpaired) electrons. The van der Waals surface area contributed by atoms with Gasteiger partial charge in [0.25, 0.3) is 5.69 Å². The van der Waals surface area contributed by atoms with Crippen molar-refractivity contribution in [1.29, 1.82) is 0 Å². The lowest BCUT2D eigenvalue weighted by molar-refractivity contribution is -0.384. The number of rotatable bonds is 4. The maximum absolute atomic E-state index is 12.3. The molecule has 1 atom stereocenters. The number of benzene rings is 2. The van der Waals surface area contributed by atoms with Gasteiger partial charge in [0.2, 0.25) is 5.91 Å². The van der Waals surface area contributed by atoms with Crippen LogP contribution in [-0.4, -0.2) is 16.6 Å². The average molecular weight is 328 g/mol. The van der Waals surface area contributed by atoms with E-state index in [4.69, 9.17) is 0 Å². The molecule has 118 valence electrons. The predicted molar refractivity (Wildman–Crippen MR) is 91.6 cm³/mol. The van der Waals surface area contributed by atoms with Crippen LogP contribution in [0.2, 0.25) is 0 Å². The third-order valence-electron chi connectivity index (χ3n) is 3.88. The molecule has 6 heteroatoms. The Balaban J connectivity index is 1.91. The van der Waals surface area contributed by atoms with Crippen molar-refractivity contribution < 1.29 is 9.72 Å². The smallest absolute Gasteiger partial charge is 0.269 e. The Kier molecular flexibility index (Phi) is 4.34. The van der Waals surface area contributed by atoms with Gasteiger partial charge < -0.3 is 0 Å². The highest BCUT2D eigenvalue weighted by Crippen LogP contribution is 2.42. The molecular weight excluding hydrogens is 312 g/mol. The molecule has 0 saturated carbocycles. The summed E-state index contributed by atoms with van der Waals surface area (Å²) in [4.78, 5) is 24.4. The number of anilines is 1. The highest BCUT2D eigenvalue weighted by Gasteiger charge is 2.34. The number of amides is 1. The van der Waals surface area contributed by atoms with Gasteiger partial charge in [0.1, 0.15) is 5.37 Å². The van der Waals surface area contributed by atoms with Gasteiger partial charge in [-0.1, -0.05) is 19.1 Å². The lowest BCUT2D eigenvalue weighted by Crippen LogP contribution is -2.27. The second kappa shape index (κ2) is 6.42. The Hall–Kier alpha value is -2.34. The van der Waals surface area contributed by atoms with E-state index in [2.05, 4.69) is 6.92 Å². The predicted octanol–water partition coefficient (Wildman–Crippen LogP) is 3.94. The second-order valence-corrected chi connectivity index (χ2v) is 6.36. The summed E-state index contributed by atoms with van der Waals surface area (Å²) in [5.41, 5.74) is 3.04. The van der Waals surface area contributed by atoms with E-state index in [-0.39, 0.29) is 17.0 Å². The average Bonchev–Trinajstić information content (AvgIpc) is 2.96. The summed E-state index contributed by atoms with van der Waals surface area (Å²) < 4.78 is 0. The van der Waals surface area contributed by atoms with Crippen LogP contribution in [0, 0.1) is 10.1 Å². The van der Waals surface area contributed by atoms with E-state index < -0.39 is 4.92 Å². The molecule has 2 aromatic rings. The van der Waals surface area contributed by atoms with Gasteiger partial charge in [-0.15, -0.1) is 11.8 Å². The van der Waals surface area contributed by atoms with Crippen molar-refractivity contribution in [3.05, 3.63) is 69.8 Å². The highest BCUT2D eigenvalue weighted by molar-refractivity contribution is 8.00. The molecule has 0 N–H and O–H groups in total. The van der Waals surface area contributed by atoms with Crippen LogP contribution in [0.3, 0.4) is 0 Å². The van der Waals surface area contributed by atoms with Crippen LogP contribution >= 0.6 is 11.8 Å². The van der Waals surface area contributed by atoms with Crippen LogP contribution in [0.5, 0.6) is 0 Å². The molecule has 1 fully saturated rings. The van der Waals surface area contributed by atoms with Crippen molar-refractivity contribution in [2.75, 3.05) is 10.7 Å². The van der Waals surface area contributed by atoms with Crippen LogP contribution in [0.25, 0.3) is 0 Å². The number of carbonyl (C=O) groups is 1. The van der Waals surface area contributed by atoms with Crippen molar-refractivity contribution >= 4 is 29.0 Å². The summed E-state index contributed by atoms with van der Waals surface area (Å²) >= 11 is 1.54. The first-order chi connectivity index (χ1) is 11.1. The zero-order chi connectivity index (χ0) is 16.4. The standard InChI is InChI=1S/C17H16N2O3S/c1-2-12-3-7-14(8-4-12)18-16(20)11-23-17(18)13-5-9-15(10-6-13)19(21)22/h3-10,17H,2,11H2,1H3/t17-/m0/s1. The Labute approximate surface area is 138 Å². The molecule has 0 aliphatic carbocycles. The number of nitrogens with zero attached hydrogens (tertiary/aromatic N) is 2. The first-order valence-electron chi connectivity index (χ1n) is 7.37. The minimum atomic E-state index is -0.419. The summed E-state index contributed by atoms with van der Waals surface area (Å²) in [6, 6.07) is 14.4. The van der Waals surface area contributed by atoms with Crippen molar-refractivity contribution in [1.82, 2.24) is 0 Å². The van der Waals surface area contributed by atoms with E-state index in [9.17, 15) is 14.9 Å². The lowest BCUT2D eigenvalue weighted by atomic mass is 10.1. The van der Waals surface area contributed by atoms with Crippen LogP contribution in [-0.2, 0) is 11.2 Å². The minimum Gasteiger partial charge on any atom is -0.295 e. The molecule has 23 heavy (non-hydrogen) atoms. The maximum Gasteiger partial charge on any atom is 0.269 e. The number of hydrogen-bond donors (Lipinski definition) is 0. The molecule has 1 aliphatic rings. The summed E-state index contributed by atoms with van der Waals surface area (Å²) in [7, 11) is 0. The van der Waals surface area contributed by atoms with Crippen LogP contribution in [0.1, 0.15) is 23.4 Å². The van der Waals surface area contributed by atoms with Crippen LogP contribution in [0.4, 0.5) is 11.4 Å². The SMILES string of the molecule is CCc1ccc(N2C(=O)CS[C@H]2c2ccc([N+](=O)[O-])cc2)cc1. The number of aryl methyl sites for hydroxylation is 1. The molecular formula is C17H16N2O3S. The summed E-state index contributed by atoms with van der Waals surface area (Å²) in [5, 5.41) is 10.6. The molecule has 0 unspecified atom stereocenters. The van der Waals surface area contributed by atoms with Crippen molar-refractivity contribution in [3.8, 4) is 0 Å². The molecule has 0 bridgehead atoms. The van der Waals surface area contributed by atoms with Gasteiger partial charge in [0.15, 0.2) is 0 Å². The molecule has 5 nitrogen and oxygen atoms in total. The van der Waals surface area contributed by atoms with E-state index in [0.29, 0.717) is 5.75 Å². The zero-order valence-electron chi connectivity index (χ0n) is 12.6. The number of nitro groups is 1. The Morgan fingerprint density at radius 3 is 2.39 bits per heavy atom. The lowest BCUT2D eigenvalue weighted by Gasteiger charge is -2.24. The van der Waals surface area contributed by atoms with Crippen molar-refractivity contribution in [3.63, 3.8) is 0 Å². The number of nitro benzene ring substituents is 1. The third-order valence-corrected chi connectivity index (χ3v) is 5.09. The van der Waals surface area contributed by atoms with E-state index in [1.54, 1.807) is 17.0 Å². The van der Waals surface area contributed by atoms with E-state index >= 15 is 0 Å². The molecule has 1 amide bonds. The number of carbonyl (C=O) groups excluding carboxylic acids is 1. The molecule has 0 spiro atoms. The zero-order valence-corrected chi connectivity index (χ0v) is 13.5. The Morgan fingerprint density at radius 1 is 1.17 bits per heavy atom. The first-order valence-corrected chi connectivity index (χ1v) is 8.42. The fraction of sp³-hybridized carbons (Fsp3) is 0.235. The van der Waals surface area contributed by atoms with Gasteiger partial charge in [-0.2, -0.15) is 0 Å². The normalized spacial score (nSPS) is 17.5. The maximum atomic E-state index is 12.3. The van der Waals surface area contributed by atoms with Crippen molar-refractivity contribution in [2.24, 2.45) is 0 Å². The molecule has 3 rings (SSSR count). The van der Waals surface area contributed by atoms with Crippen LogP contribution < -0.4 is 4.90 Å². The Bertz CT molecular complexity index is 729. The Morgan fingerprint density at radius 2 is 1.83 bits per heavy atom. The molecule has 1 heterocycles. The fourth-order valence-corrected chi connectivity index (χ4v) is 3.78. The van der Waals surface area contributed by atoms with E-state index in [1.807, 2.05) is 24.3 Å². The quantitative estimate of drug-likeness (QED) is 0.630. The van der Waals surface area contributed by atoms with Gasteiger partial charge >= 0.3 is 0 Å². The van der Waals surface area contributed by atoms with Gasteiger partial charge in [-0.25, -0.2) is 0 Å². The highest BCUT2D eigenvalue weighted by atomic mass is 32.2. The number of thioether (sulfide) groups is 1. The number of hydrogen-bond acceptors (Lipinski definition) is 4. The summed E-state index contributed by atoms with van der Waals surface area (Å²) in [5.74, 6) is 0.472. The van der Waals surface area contributed by atoms with Gasteiger partial charge in [0, 0.05) is 17.8 Å². The largest absolute Gasteiger partial charge is 0.295 e. The molecule has 2 aromatic carbocycles. The first kappa shape index (κ1) is 15.6. The van der Waals surface area contributed by atoms with Gasteiger partial charge in [-0.3, -0.25) is 19.8 Å². The van der Waals surface area contributed by atoms with E-state index in [0.717, 1.165) is 17.7 Å². The number of non-ortho nitro benzene ring substituents is 1. The summed E-state index contributed by atoms with van der Waals surface area (Å²) in [6.07, 6.45) is 0.953. The van der Waals surface area contributed by atoms with Gasteiger partial charge in [-0.05, 0) is 41.8 Å². The molecule has 1 saturated heterocycles. The minimum absolute atomic E-state index is 0.0573.